The molecule has 5 heteroatoms. The quantitative estimate of drug-likeness (QED) is 0.835. The van der Waals surface area contributed by atoms with Crippen molar-refractivity contribution in [3.05, 3.63) is 28.5 Å². The van der Waals surface area contributed by atoms with Crippen molar-refractivity contribution in [3.8, 4) is 0 Å². The number of hydrogen-bond acceptors (Lipinski definition) is 1. The van der Waals surface area contributed by atoms with Gasteiger partial charge in [0.05, 0.1) is 5.69 Å². The summed E-state index contributed by atoms with van der Waals surface area (Å²) in [5, 5.41) is 6.28. The van der Waals surface area contributed by atoms with Crippen molar-refractivity contribution in [2.24, 2.45) is 5.92 Å². The van der Waals surface area contributed by atoms with Gasteiger partial charge in [-0.25, -0.2) is 4.39 Å². The molecule has 0 saturated carbocycles. The fourth-order valence-corrected chi connectivity index (χ4v) is 1.70. The second-order valence-electron chi connectivity index (χ2n) is 3.83. The fraction of sp³-hybridized carbons (Fsp3) is 0.364. The Kier molecular flexibility index (Phi) is 5.15. The van der Waals surface area contributed by atoms with Gasteiger partial charge in [0.1, 0.15) is 5.82 Å². The number of nitrogens with one attached hydrogen (secondary N) is 2. The third-order valence-corrected chi connectivity index (χ3v) is 2.78. The van der Waals surface area contributed by atoms with Gasteiger partial charge in [0.2, 0.25) is 0 Å². The van der Waals surface area contributed by atoms with Crippen LogP contribution >= 0.6 is 28.1 Å². The molecule has 0 aliphatic heterocycles. The summed E-state index contributed by atoms with van der Waals surface area (Å²) < 4.78 is 14.1. The molecule has 0 atom stereocenters. The van der Waals surface area contributed by atoms with E-state index in [4.69, 9.17) is 12.2 Å². The molecular weight excluding hydrogens is 291 g/mol. The highest BCUT2D eigenvalue weighted by molar-refractivity contribution is 9.10. The lowest BCUT2D eigenvalue weighted by molar-refractivity contribution is 0.624. The molecule has 0 radical (unpaired) electrons. The summed E-state index contributed by atoms with van der Waals surface area (Å²) >= 11 is 8.33. The van der Waals surface area contributed by atoms with Crippen molar-refractivity contribution in [2.75, 3.05) is 11.9 Å². The van der Waals surface area contributed by atoms with Crippen LogP contribution in [-0.4, -0.2) is 11.7 Å². The first-order valence-electron chi connectivity index (χ1n) is 4.99. The van der Waals surface area contributed by atoms with E-state index in [1.54, 1.807) is 12.1 Å². The highest BCUT2D eigenvalue weighted by Crippen LogP contribution is 2.24. The molecule has 2 nitrogen and oxygen atoms in total. The predicted octanol–water partition coefficient (Wildman–Crippen LogP) is 3.53. The number of hydrogen-bond donors (Lipinski definition) is 2. The summed E-state index contributed by atoms with van der Waals surface area (Å²) in [6, 6.07) is 4.78. The molecule has 1 aromatic carbocycles. The average Bonchev–Trinajstić information content (AvgIpc) is 2.21. The predicted molar refractivity (Wildman–Crippen MR) is 73.2 cm³/mol. The number of rotatable bonds is 3. The molecule has 0 bridgehead atoms. The number of benzene rings is 1. The Hall–Kier alpha value is -0.680. The first kappa shape index (κ1) is 13.4. The zero-order valence-corrected chi connectivity index (χ0v) is 11.6. The molecular formula is C11H14BrFN2S. The number of para-hydroxylation sites is 1. The second kappa shape index (κ2) is 6.15. The molecule has 0 aliphatic carbocycles. The van der Waals surface area contributed by atoms with Gasteiger partial charge < -0.3 is 10.6 Å². The van der Waals surface area contributed by atoms with E-state index in [-0.39, 0.29) is 5.82 Å². The van der Waals surface area contributed by atoms with E-state index in [9.17, 15) is 4.39 Å². The summed E-state index contributed by atoms with van der Waals surface area (Å²) in [5.74, 6) is 0.159. The second-order valence-corrected chi connectivity index (χ2v) is 5.09. The molecule has 88 valence electrons. The third kappa shape index (κ3) is 4.06. The van der Waals surface area contributed by atoms with Crippen molar-refractivity contribution in [1.82, 2.24) is 5.32 Å². The van der Waals surface area contributed by atoms with Crippen molar-refractivity contribution in [3.63, 3.8) is 0 Å². The lowest BCUT2D eigenvalue weighted by atomic mass is 10.2. The molecule has 0 aliphatic rings. The van der Waals surface area contributed by atoms with Gasteiger partial charge in [0.15, 0.2) is 5.11 Å². The average molecular weight is 305 g/mol. The van der Waals surface area contributed by atoms with E-state index in [1.165, 1.54) is 6.07 Å². The minimum atomic E-state index is -0.330. The van der Waals surface area contributed by atoms with Gasteiger partial charge in [0.25, 0.3) is 0 Å². The van der Waals surface area contributed by atoms with Crippen LogP contribution in [0.2, 0.25) is 0 Å². The summed E-state index contributed by atoms with van der Waals surface area (Å²) in [6.45, 7) is 4.92. The Balaban J connectivity index is 2.63. The minimum Gasteiger partial charge on any atom is -0.362 e. The van der Waals surface area contributed by atoms with Crippen LogP contribution in [0.5, 0.6) is 0 Å². The van der Waals surface area contributed by atoms with Crippen LogP contribution in [0.25, 0.3) is 0 Å². The zero-order valence-electron chi connectivity index (χ0n) is 9.18. The van der Waals surface area contributed by atoms with E-state index in [2.05, 4.69) is 40.4 Å². The molecule has 0 heterocycles. The molecule has 0 unspecified atom stereocenters. The first-order chi connectivity index (χ1) is 7.50. The van der Waals surface area contributed by atoms with Crippen molar-refractivity contribution in [1.29, 1.82) is 0 Å². The maximum absolute atomic E-state index is 13.4. The van der Waals surface area contributed by atoms with E-state index >= 15 is 0 Å². The molecule has 0 amide bonds. The number of halogens is 2. The Bertz CT molecular complexity index is 362. The van der Waals surface area contributed by atoms with Gasteiger partial charge in [-0.3, -0.25) is 0 Å². The zero-order chi connectivity index (χ0) is 12.1. The fourth-order valence-electron chi connectivity index (χ4n) is 1.07. The van der Waals surface area contributed by atoms with Gasteiger partial charge in [-0.05, 0) is 46.2 Å². The molecule has 1 rings (SSSR count). The van der Waals surface area contributed by atoms with Crippen LogP contribution in [-0.2, 0) is 0 Å². The molecule has 0 fully saturated rings. The lowest BCUT2D eigenvalue weighted by Gasteiger charge is -2.13. The van der Waals surface area contributed by atoms with Crippen molar-refractivity contribution < 1.29 is 4.39 Å². The smallest absolute Gasteiger partial charge is 0.170 e. The number of anilines is 1. The maximum Gasteiger partial charge on any atom is 0.170 e. The summed E-state index contributed by atoms with van der Waals surface area (Å²) in [7, 11) is 0. The third-order valence-electron chi connectivity index (χ3n) is 1.87. The van der Waals surface area contributed by atoms with E-state index in [0.29, 0.717) is 21.2 Å². The Labute approximate surface area is 109 Å². The van der Waals surface area contributed by atoms with Crippen molar-refractivity contribution in [2.45, 2.75) is 13.8 Å². The van der Waals surface area contributed by atoms with Gasteiger partial charge in [-0.1, -0.05) is 19.9 Å². The Morgan fingerprint density at radius 2 is 2.19 bits per heavy atom. The van der Waals surface area contributed by atoms with Crippen LogP contribution in [0.3, 0.4) is 0 Å². The van der Waals surface area contributed by atoms with Gasteiger partial charge in [-0.2, -0.15) is 0 Å². The Morgan fingerprint density at radius 3 is 2.75 bits per heavy atom. The van der Waals surface area contributed by atoms with Crippen molar-refractivity contribution >= 4 is 38.9 Å². The summed E-state index contributed by atoms with van der Waals surface area (Å²) in [6.07, 6.45) is 0. The topological polar surface area (TPSA) is 24.1 Å². The highest BCUT2D eigenvalue weighted by atomic mass is 79.9. The maximum atomic E-state index is 13.4. The molecule has 1 aromatic rings. The summed E-state index contributed by atoms with van der Waals surface area (Å²) in [5.41, 5.74) is 0.365. The standard InChI is InChI=1S/C11H14BrFN2S/c1-7(2)6-14-11(16)15-10-8(12)4-3-5-9(10)13/h3-5,7H,6H2,1-2H3,(H2,14,15,16). The van der Waals surface area contributed by atoms with E-state index in [0.717, 1.165) is 6.54 Å². The van der Waals surface area contributed by atoms with Crippen LogP contribution in [0.15, 0.2) is 22.7 Å². The molecule has 0 spiro atoms. The van der Waals surface area contributed by atoms with Crippen LogP contribution in [0, 0.1) is 11.7 Å². The highest BCUT2D eigenvalue weighted by Gasteiger charge is 2.07. The van der Waals surface area contributed by atoms with Crippen LogP contribution in [0.4, 0.5) is 10.1 Å². The molecule has 2 N–H and O–H groups in total. The van der Waals surface area contributed by atoms with Crippen LogP contribution in [0.1, 0.15) is 13.8 Å². The Morgan fingerprint density at radius 1 is 1.50 bits per heavy atom. The summed E-state index contributed by atoms with van der Waals surface area (Å²) in [4.78, 5) is 0. The normalized spacial score (nSPS) is 10.3. The molecule has 0 saturated heterocycles. The first-order valence-corrected chi connectivity index (χ1v) is 6.19. The van der Waals surface area contributed by atoms with E-state index < -0.39 is 0 Å². The monoisotopic (exact) mass is 304 g/mol. The number of thiocarbonyl (C=S) groups is 1. The van der Waals surface area contributed by atoms with Gasteiger partial charge in [-0.15, -0.1) is 0 Å². The molecule has 16 heavy (non-hydrogen) atoms. The van der Waals surface area contributed by atoms with Gasteiger partial charge >= 0.3 is 0 Å². The largest absolute Gasteiger partial charge is 0.362 e. The van der Waals surface area contributed by atoms with Gasteiger partial charge in [0, 0.05) is 11.0 Å². The SMILES string of the molecule is CC(C)CNC(=S)Nc1c(F)cccc1Br. The van der Waals surface area contributed by atoms with Crippen LogP contribution < -0.4 is 10.6 Å². The minimum absolute atomic E-state index is 0.330. The van der Waals surface area contributed by atoms with E-state index in [1.807, 2.05) is 0 Å². The molecule has 0 aromatic heterocycles. The lowest BCUT2D eigenvalue weighted by Crippen LogP contribution is -2.31.